The van der Waals surface area contributed by atoms with Crippen molar-refractivity contribution in [3.8, 4) is 0 Å². The highest BCUT2D eigenvalue weighted by molar-refractivity contribution is 5.78. The van der Waals surface area contributed by atoms with E-state index in [1.807, 2.05) is 9.80 Å². The van der Waals surface area contributed by atoms with Gasteiger partial charge in [-0.2, -0.15) is 0 Å². The van der Waals surface area contributed by atoms with Crippen LogP contribution in [0.1, 0.15) is 65.2 Å². The average molecular weight is 282 g/mol. The van der Waals surface area contributed by atoms with Crippen molar-refractivity contribution in [3.05, 3.63) is 0 Å². The van der Waals surface area contributed by atoms with Crippen LogP contribution in [0, 0.1) is 0 Å². The topological polar surface area (TPSA) is 40.6 Å². The van der Waals surface area contributed by atoms with E-state index in [-0.39, 0.29) is 0 Å². The second-order valence-electron chi connectivity index (χ2n) is 5.68. The highest BCUT2D eigenvalue weighted by Gasteiger charge is 2.19. The lowest BCUT2D eigenvalue weighted by atomic mass is 10.3. The molecule has 2 aliphatic rings. The number of hydrogen-bond donors (Lipinski definition) is 0. The zero-order chi connectivity index (χ0) is 14.8. The lowest BCUT2D eigenvalue weighted by Gasteiger charge is -2.13. The minimum absolute atomic E-state index is 0.355. The average Bonchev–Trinajstić information content (AvgIpc) is 3.04. The Morgan fingerprint density at radius 2 is 1.20 bits per heavy atom. The molecule has 116 valence electrons. The third kappa shape index (κ3) is 5.93. The summed E-state index contributed by atoms with van der Waals surface area (Å²) in [5.74, 6) is 0.710. The second kappa shape index (κ2) is 9.78. The predicted octanol–water partition coefficient (Wildman–Crippen LogP) is 2.82. The summed E-state index contributed by atoms with van der Waals surface area (Å²) in [4.78, 5) is 26.0. The molecule has 2 amide bonds. The number of rotatable bonds is 6. The van der Waals surface area contributed by atoms with Crippen LogP contribution in [0.25, 0.3) is 0 Å². The first-order valence-corrected chi connectivity index (χ1v) is 8.24. The summed E-state index contributed by atoms with van der Waals surface area (Å²) in [6.45, 7) is 8.27. The van der Waals surface area contributed by atoms with E-state index in [1.165, 1.54) is 12.8 Å². The summed E-state index contributed by atoms with van der Waals surface area (Å²) in [6, 6.07) is 0. The number of unbranched alkanes of at least 4 members (excludes halogenated alkanes) is 2. The fraction of sp³-hybridized carbons (Fsp3) is 0.875. The summed E-state index contributed by atoms with van der Waals surface area (Å²) in [6.07, 6.45) is 8.39. The molecule has 20 heavy (non-hydrogen) atoms. The summed E-state index contributed by atoms with van der Waals surface area (Å²) >= 11 is 0. The van der Waals surface area contributed by atoms with Crippen molar-refractivity contribution in [3.63, 3.8) is 0 Å². The molecule has 2 heterocycles. The molecule has 0 atom stereocenters. The molecule has 0 aliphatic carbocycles. The van der Waals surface area contributed by atoms with E-state index in [0.717, 1.165) is 64.7 Å². The van der Waals surface area contributed by atoms with Gasteiger partial charge in [0.15, 0.2) is 0 Å². The standard InChI is InChI=1S/2C8H15NO/c2*1-2-3-6-9-7-4-5-8(9)10/h2*2-7H2,1H3. The van der Waals surface area contributed by atoms with E-state index in [0.29, 0.717) is 11.8 Å². The Bertz CT molecular complexity index is 275. The van der Waals surface area contributed by atoms with Gasteiger partial charge in [-0.25, -0.2) is 0 Å². The SMILES string of the molecule is CCCCN1CCCC1=O.CCCCN1CCCC1=O. The van der Waals surface area contributed by atoms with Gasteiger partial charge in [0.1, 0.15) is 0 Å². The van der Waals surface area contributed by atoms with Crippen LogP contribution < -0.4 is 0 Å². The van der Waals surface area contributed by atoms with Crippen molar-refractivity contribution in [1.29, 1.82) is 0 Å². The summed E-state index contributed by atoms with van der Waals surface area (Å²) < 4.78 is 0. The molecule has 2 saturated heterocycles. The number of amides is 2. The third-order valence-electron chi connectivity index (χ3n) is 3.91. The largest absolute Gasteiger partial charge is 0.343 e. The monoisotopic (exact) mass is 282 g/mol. The van der Waals surface area contributed by atoms with Crippen molar-refractivity contribution >= 4 is 11.8 Å². The Hall–Kier alpha value is -1.06. The quantitative estimate of drug-likeness (QED) is 0.751. The van der Waals surface area contributed by atoms with Gasteiger partial charge >= 0.3 is 0 Å². The Morgan fingerprint density at radius 3 is 1.45 bits per heavy atom. The number of carbonyl (C=O) groups excluding carboxylic acids is 2. The van der Waals surface area contributed by atoms with Gasteiger partial charge in [-0.05, 0) is 25.7 Å². The second-order valence-corrected chi connectivity index (χ2v) is 5.68. The fourth-order valence-electron chi connectivity index (χ4n) is 2.58. The molecule has 0 unspecified atom stereocenters. The highest BCUT2D eigenvalue weighted by atomic mass is 16.2. The maximum Gasteiger partial charge on any atom is 0.222 e. The van der Waals surface area contributed by atoms with E-state index < -0.39 is 0 Å². The van der Waals surface area contributed by atoms with Crippen LogP contribution in [0.2, 0.25) is 0 Å². The molecule has 0 bridgehead atoms. The van der Waals surface area contributed by atoms with Gasteiger partial charge < -0.3 is 9.80 Å². The zero-order valence-electron chi connectivity index (χ0n) is 13.2. The first kappa shape index (κ1) is 17.0. The molecule has 4 nitrogen and oxygen atoms in total. The predicted molar refractivity (Wildman–Crippen MR) is 81.4 cm³/mol. The zero-order valence-corrected chi connectivity index (χ0v) is 13.2. The third-order valence-corrected chi connectivity index (χ3v) is 3.91. The van der Waals surface area contributed by atoms with Crippen molar-refractivity contribution in [2.24, 2.45) is 0 Å². The number of carbonyl (C=O) groups is 2. The van der Waals surface area contributed by atoms with Crippen LogP contribution in [0.4, 0.5) is 0 Å². The van der Waals surface area contributed by atoms with Gasteiger partial charge in [0.2, 0.25) is 11.8 Å². The molecular formula is C16H30N2O2. The van der Waals surface area contributed by atoms with E-state index >= 15 is 0 Å². The Kier molecular flexibility index (Phi) is 8.31. The minimum Gasteiger partial charge on any atom is -0.343 e. The molecule has 2 rings (SSSR count). The number of nitrogens with zero attached hydrogens (tertiary/aromatic N) is 2. The van der Waals surface area contributed by atoms with Gasteiger partial charge in [0.05, 0.1) is 0 Å². The van der Waals surface area contributed by atoms with Crippen LogP contribution in [0.3, 0.4) is 0 Å². The lowest BCUT2D eigenvalue weighted by Crippen LogP contribution is -2.25. The molecule has 0 saturated carbocycles. The first-order chi connectivity index (χ1) is 9.69. The maximum atomic E-state index is 11.0. The van der Waals surface area contributed by atoms with Crippen LogP contribution >= 0.6 is 0 Å². The van der Waals surface area contributed by atoms with E-state index in [2.05, 4.69) is 13.8 Å². The van der Waals surface area contributed by atoms with Gasteiger partial charge in [-0.3, -0.25) is 9.59 Å². The molecule has 2 aliphatic heterocycles. The molecule has 0 aromatic carbocycles. The molecule has 0 aromatic heterocycles. The molecule has 0 spiro atoms. The molecular weight excluding hydrogens is 252 g/mol. The lowest BCUT2D eigenvalue weighted by molar-refractivity contribution is -0.128. The Balaban J connectivity index is 0.000000200. The molecule has 0 radical (unpaired) electrons. The maximum absolute atomic E-state index is 11.0. The Morgan fingerprint density at radius 1 is 0.800 bits per heavy atom. The summed E-state index contributed by atoms with van der Waals surface area (Å²) in [5.41, 5.74) is 0. The summed E-state index contributed by atoms with van der Waals surface area (Å²) in [7, 11) is 0. The first-order valence-electron chi connectivity index (χ1n) is 8.24. The van der Waals surface area contributed by atoms with Crippen LogP contribution in [-0.2, 0) is 9.59 Å². The van der Waals surface area contributed by atoms with Crippen molar-refractivity contribution in [2.75, 3.05) is 26.2 Å². The van der Waals surface area contributed by atoms with Crippen molar-refractivity contribution in [2.45, 2.75) is 65.2 Å². The molecule has 4 heteroatoms. The van der Waals surface area contributed by atoms with Crippen LogP contribution in [0.5, 0.6) is 0 Å². The highest BCUT2D eigenvalue weighted by Crippen LogP contribution is 2.10. The molecule has 0 N–H and O–H groups in total. The van der Waals surface area contributed by atoms with Crippen LogP contribution in [-0.4, -0.2) is 47.8 Å². The van der Waals surface area contributed by atoms with Gasteiger partial charge in [-0.1, -0.05) is 26.7 Å². The number of likely N-dealkylation sites (tertiary alicyclic amines) is 2. The van der Waals surface area contributed by atoms with Gasteiger partial charge in [0.25, 0.3) is 0 Å². The van der Waals surface area contributed by atoms with E-state index in [9.17, 15) is 9.59 Å². The smallest absolute Gasteiger partial charge is 0.222 e. The van der Waals surface area contributed by atoms with Crippen molar-refractivity contribution in [1.82, 2.24) is 9.80 Å². The minimum atomic E-state index is 0.355. The van der Waals surface area contributed by atoms with E-state index in [1.54, 1.807) is 0 Å². The van der Waals surface area contributed by atoms with Gasteiger partial charge in [0, 0.05) is 39.0 Å². The van der Waals surface area contributed by atoms with Gasteiger partial charge in [-0.15, -0.1) is 0 Å². The molecule has 0 aromatic rings. The number of hydrogen-bond acceptors (Lipinski definition) is 2. The van der Waals surface area contributed by atoms with Crippen LogP contribution in [0.15, 0.2) is 0 Å². The summed E-state index contributed by atoms with van der Waals surface area (Å²) in [5, 5.41) is 0. The Labute approximate surface area is 123 Å². The molecule has 2 fully saturated rings. The fourth-order valence-corrected chi connectivity index (χ4v) is 2.58. The van der Waals surface area contributed by atoms with E-state index in [4.69, 9.17) is 0 Å². The normalized spacial score (nSPS) is 18.5. The van der Waals surface area contributed by atoms with Crippen molar-refractivity contribution < 1.29 is 9.59 Å².